The summed E-state index contributed by atoms with van der Waals surface area (Å²) in [7, 11) is -10.1. The molecule has 8 unspecified atom stereocenters. The molecule has 6 aliphatic heterocycles. The number of aromatic nitrogens is 16. The van der Waals surface area contributed by atoms with Crippen molar-refractivity contribution in [3.05, 3.63) is 58.7 Å². The van der Waals surface area contributed by atoms with Gasteiger partial charge in [0.2, 0.25) is 11.9 Å². The quantitative estimate of drug-likeness (QED) is 0.0580. The predicted molar refractivity (Wildman–Crippen MR) is 304 cm³/mol. The third-order valence-electron chi connectivity index (χ3n) is 14.9. The van der Waals surface area contributed by atoms with Crippen molar-refractivity contribution in [2.75, 3.05) is 49.4 Å². The second-order valence-electron chi connectivity index (χ2n) is 20.6. The molecule has 8 aromatic heterocycles. The topological polar surface area (TPSA) is 651 Å². The molecule has 6 aliphatic rings. The Morgan fingerprint density at radius 2 is 0.878 bits per heavy atom. The van der Waals surface area contributed by atoms with Crippen molar-refractivity contribution in [1.29, 1.82) is 0 Å². The van der Waals surface area contributed by atoms with Crippen molar-refractivity contribution < 1.29 is 83.5 Å². The number of ether oxygens (including phenoxy) is 4. The van der Waals surface area contributed by atoms with E-state index in [9.17, 15) is 38.0 Å². The summed E-state index contributed by atoms with van der Waals surface area (Å²) < 4.78 is 113. The van der Waals surface area contributed by atoms with E-state index >= 15 is 0 Å². The fourth-order valence-corrected chi connectivity index (χ4v) is 15.8. The highest BCUT2D eigenvalue weighted by Crippen LogP contribution is 2.58. The van der Waals surface area contributed by atoms with Crippen LogP contribution in [0.2, 0.25) is 0 Å². The molecule has 14 heterocycles. The second-order valence-corrected chi connectivity index (χ2v) is 28.9. The van der Waals surface area contributed by atoms with Crippen LogP contribution in [0.1, 0.15) is 24.9 Å². The Balaban J connectivity index is 0.000000165. The number of fused-ring (bicyclic) bond motifs is 8. The molecule has 6 saturated heterocycles. The van der Waals surface area contributed by atoms with Crippen LogP contribution in [0, 0.1) is 0 Å². The van der Waals surface area contributed by atoms with Crippen LogP contribution in [0.5, 0.6) is 0 Å². The number of aromatic amines is 2. The van der Waals surface area contributed by atoms with Gasteiger partial charge in [-0.1, -0.05) is 24.1 Å². The minimum absolute atomic E-state index is 0.0236. The second kappa shape index (κ2) is 23.5. The van der Waals surface area contributed by atoms with E-state index in [1.54, 1.807) is 0 Å². The molecule has 44 nitrogen and oxygen atoms in total. The van der Waals surface area contributed by atoms with Crippen LogP contribution in [-0.4, -0.2) is 182 Å². The highest BCUT2D eigenvalue weighted by atomic mass is 32.7. The van der Waals surface area contributed by atoms with E-state index in [0.29, 0.717) is 11.2 Å². The van der Waals surface area contributed by atoms with Crippen molar-refractivity contribution in [2.45, 2.75) is 97.9 Å². The van der Waals surface area contributed by atoms with Gasteiger partial charge in [-0.3, -0.25) is 60.5 Å². The average molecular weight is 1380 g/mol. The molecule has 0 saturated carbocycles. The summed E-state index contributed by atoms with van der Waals surface area (Å²) in [4.78, 5) is 107. The zero-order valence-corrected chi connectivity index (χ0v) is 50.5. The summed E-state index contributed by atoms with van der Waals surface area (Å²) in [5, 5.41) is 0. The number of phosphoric acid groups is 2. The van der Waals surface area contributed by atoms with Crippen molar-refractivity contribution >= 4 is 121 Å². The molecule has 6 fully saturated rings. The predicted octanol–water partition coefficient (Wildman–Crippen LogP) is -5.03. The first-order valence-corrected chi connectivity index (χ1v) is 34.4. The van der Waals surface area contributed by atoms with Crippen LogP contribution in [-0.2, 0) is 80.6 Å². The van der Waals surface area contributed by atoms with Crippen molar-refractivity contribution in [3.8, 4) is 0 Å². The molecule has 19 N–H and O–H groups in total. The first kappa shape index (κ1) is 62.7. The monoisotopic (exact) mass is 1370 g/mol. The van der Waals surface area contributed by atoms with E-state index in [4.69, 9.17) is 113 Å². The van der Waals surface area contributed by atoms with E-state index in [2.05, 4.69) is 72.1 Å². The number of nitrogens with one attached hydrogen (secondary N) is 2. The first-order chi connectivity index (χ1) is 42.6. The molecule has 0 spiro atoms. The van der Waals surface area contributed by atoms with E-state index in [0.717, 1.165) is 0 Å². The van der Waals surface area contributed by atoms with Gasteiger partial charge in [0.25, 0.3) is 18.9 Å². The van der Waals surface area contributed by atoms with Crippen molar-refractivity contribution in [1.82, 2.24) is 78.1 Å². The smallest absolute Gasteiger partial charge is 0.472 e. The Morgan fingerprint density at radius 3 is 1.33 bits per heavy atom. The van der Waals surface area contributed by atoms with Crippen LogP contribution >= 0.6 is 41.4 Å². The Bertz CT molecular complexity index is 4160. The molecule has 8 aromatic rings. The lowest BCUT2D eigenvalue weighted by Crippen LogP contribution is -2.44. The van der Waals surface area contributed by atoms with Crippen LogP contribution in [0.25, 0.3) is 44.7 Å². The highest BCUT2D eigenvalue weighted by Gasteiger charge is 2.54. The third kappa shape index (κ3) is 11.7. The third-order valence-corrected chi connectivity index (χ3v) is 20.0. The number of phosphoric ester groups is 2. The number of H-pyrrole nitrogens is 2. The molecule has 0 aliphatic carbocycles. The molecular weight excluding hydrogens is 1320 g/mol. The molecule has 50 heteroatoms. The van der Waals surface area contributed by atoms with Crippen molar-refractivity contribution in [2.24, 2.45) is 22.9 Å². The number of imidazole rings is 4. The lowest BCUT2D eigenvalue weighted by Gasteiger charge is -2.35. The Labute approximate surface area is 510 Å². The van der Waals surface area contributed by atoms with Gasteiger partial charge in [0.05, 0.1) is 75.9 Å². The highest BCUT2D eigenvalue weighted by molar-refractivity contribution is 8.44. The standard InChI is InChI=1S/C20H26N12O11P2.C20H26N12O9P2S2/c21-8-12-6(40-18(8)31-4-27-10-14(23)25-3-26-15(10)31)1-38-45(36,37)43-13-7(2-39-44(34,35)42-12)41-19(9(13)22)32-5-28-11-16(32)29-20(24)30-17(11)33;21-8-12-6(38-18(8)31-4-27-10-14(23)25-3-26-15(10)31)1-36-43(35,45)41-13-7(2-37-42(34,44)40-12)39-19(9(13)22)32-5-28-11-16(32)29-20(24)30-17(11)33/h3-9,12-13,18-19H,1-2,21-22H2,(H,34,35)(H,36,37)(H2,23,25,26)(H3,24,29,30,33);3-9,12-13,18-19H,1-2,21-22H2,(H,34,44)(H,35,45)(H2,23,25,26)(H3,24,29,30,33)/p-2/t6-,7-,8?,9?,12+,13+,18-,19-;6-,7-,8?,9?,12+,13+,18-,19-,42?,43?/m11/s1. The van der Waals surface area contributed by atoms with E-state index in [1.165, 1.54) is 56.2 Å². The molecule has 0 aromatic carbocycles. The summed E-state index contributed by atoms with van der Waals surface area (Å²) in [5.74, 6) is -0.181. The molecule has 484 valence electrons. The average Bonchev–Trinajstić information content (AvgIpc) is 1.65. The van der Waals surface area contributed by atoms with Crippen LogP contribution in [0.15, 0.2) is 47.6 Å². The fourth-order valence-electron chi connectivity index (χ4n) is 10.9. The molecule has 20 atom stereocenters. The van der Waals surface area contributed by atoms with Crippen LogP contribution in [0.4, 0.5) is 23.5 Å². The van der Waals surface area contributed by atoms with Gasteiger partial charge in [-0.05, 0) is 0 Å². The number of nitrogens with two attached hydrogens (primary N) is 8. The molecule has 0 bridgehead atoms. The van der Waals surface area contributed by atoms with E-state index in [-0.39, 0.29) is 57.0 Å². The number of nitrogen functional groups attached to an aromatic ring is 4. The minimum atomic E-state index is -5.18. The summed E-state index contributed by atoms with van der Waals surface area (Å²) in [6.45, 7) is -11.0. The van der Waals surface area contributed by atoms with Crippen molar-refractivity contribution in [3.63, 3.8) is 0 Å². The zero-order chi connectivity index (χ0) is 63.7. The summed E-state index contributed by atoms with van der Waals surface area (Å²) >= 11 is 9.33. The maximum absolute atomic E-state index is 13.5. The van der Waals surface area contributed by atoms with Gasteiger partial charge in [-0.25, -0.2) is 49.0 Å². The maximum Gasteiger partial charge on any atom is 0.472 e. The van der Waals surface area contributed by atoms with Crippen LogP contribution in [0.3, 0.4) is 0 Å². The summed E-state index contributed by atoms with van der Waals surface area (Å²) in [6, 6.07) is -4.60. The molecule has 0 amide bonds. The number of rotatable bonds is 4. The zero-order valence-electron chi connectivity index (χ0n) is 45.3. The Kier molecular flexibility index (Phi) is 16.4. The van der Waals surface area contributed by atoms with Gasteiger partial charge in [-0.15, -0.1) is 0 Å². The molecule has 14 rings (SSSR count). The Hall–Kier alpha value is -6.07. The SMILES string of the molecule is Nc1nc2c(ncn2[C@@H]2O[C@@H]3COP(=O)([O-])O[C@@H]4C(N)[C@H](n5cnc6c(N)ncnc65)O[C@@H]4COP(=O)(O)O[C@@H]3C2N)c(=O)[nH]1.Nc1nc2c(ncn2[C@@H]2O[C@@H]3COP([O-])(=S)O[C@@H]4C(N)[C@H](n5cnc6c(N)ncnc65)O[C@@H]4COP(=O)(S)O[C@@H]3C2N)c(=O)[nH]1. The number of anilines is 4. The molecular formula is C40H50N24O20P4S2-2. The van der Waals surface area contributed by atoms with E-state index in [1.807, 2.05) is 0 Å². The molecule has 90 heavy (non-hydrogen) atoms. The van der Waals surface area contributed by atoms with Crippen LogP contribution < -0.4 is 66.8 Å². The molecule has 0 radical (unpaired) electrons. The largest absolute Gasteiger partial charge is 0.780 e. The van der Waals surface area contributed by atoms with Gasteiger partial charge in [-0.2, -0.15) is 9.97 Å². The van der Waals surface area contributed by atoms with Gasteiger partial charge in [0.15, 0.2) is 70.2 Å². The fraction of sp³-hybridized carbons (Fsp3) is 0.500. The number of hydrogen-bond donors (Lipinski definition) is 12. The Morgan fingerprint density at radius 1 is 0.511 bits per heavy atom. The van der Waals surface area contributed by atoms with Gasteiger partial charge in [0.1, 0.15) is 79.2 Å². The van der Waals surface area contributed by atoms with Gasteiger partial charge < -0.3 is 97.6 Å². The summed E-state index contributed by atoms with van der Waals surface area (Å²) in [6.07, 6.45) is -7.17. The number of nitrogens with zero attached hydrogens (tertiary/aromatic N) is 14. The first-order valence-electron chi connectivity index (χ1n) is 26.2. The van der Waals surface area contributed by atoms with Gasteiger partial charge >= 0.3 is 14.6 Å². The lowest BCUT2D eigenvalue weighted by molar-refractivity contribution is -0.235. The maximum atomic E-state index is 13.5. The minimum Gasteiger partial charge on any atom is -0.780 e. The van der Waals surface area contributed by atoms with Gasteiger partial charge in [0, 0.05) is 0 Å². The number of thiol groups is 1. The number of hydrogen-bond acceptors (Lipinski definition) is 38. The lowest BCUT2D eigenvalue weighted by atomic mass is 10.1. The van der Waals surface area contributed by atoms with E-state index < -0.39 is 165 Å². The normalized spacial score (nSPS) is 37.7. The summed E-state index contributed by atoms with van der Waals surface area (Å²) in [5.41, 5.74) is 48.6.